The summed E-state index contributed by atoms with van der Waals surface area (Å²) in [6.07, 6.45) is 5.80. The molecule has 27 heavy (non-hydrogen) atoms. The lowest BCUT2D eigenvalue weighted by Gasteiger charge is -2.30. The average molecular weight is 416 g/mol. The summed E-state index contributed by atoms with van der Waals surface area (Å²) in [5, 5.41) is 2.91. The van der Waals surface area contributed by atoms with Crippen molar-refractivity contribution in [2.24, 2.45) is 11.8 Å². The van der Waals surface area contributed by atoms with Gasteiger partial charge in [-0.15, -0.1) is 0 Å². The summed E-state index contributed by atoms with van der Waals surface area (Å²) in [7, 11) is -3.68. The van der Waals surface area contributed by atoms with Crippen LogP contribution in [0.1, 0.15) is 32.1 Å². The monoisotopic (exact) mass is 415 g/mol. The van der Waals surface area contributed by atoms with Crippen molar-refractivity contribution in [3.05, 3.63) is 23.5 Å². The van der Waals surface area contributed by atoms with Crippen molar-refractivity contribution in [1.29, 1.82) is 0 Å². The minimum absolute atomic E-state index is 0.00588. The van der Waals surface area contributed by atoms with Gasteiger partial charge in [-0.3, -0.25) is 4.79 Å². The van der Waals surface area contributed by atoms with Crippen LogP contribution in [0.5, 0.6) is 0 Å². The van der Waals surface area contributed by atoms with Crippen molar-refractivity contribution in [1.82, 2.24) is 14.6 Å². The minimum Gasteiger partial charge on any atom is -0.381 e. The van der Waals surface area contributed by atoms with E-state index in [4.69, 9.17) is 16.3 Å². The van der Waals surface area contributed by atoms with Crippen LogP contribution in [0.25, 0.3) is 0 Å². The molecule has 0 spiro atoms. The van der Waals surface area contributed by atoms with Crippen LogP contribution in [0.4, 0.5) is 0 Å². The van der Waals surface area contributed by atoms with E-state index < -0.39 is 10.0 Å². The second-order valence-electron chi connectivity index (χ2n) is 7.13. The van der Waals surface area contributed by atoms with Gasteiger partial charge in [0.2, 0.25) is 15.9 Å². The molecule has 3 rings (SSSR count). The molecule has 1 aliphatic heterocycles. The van der Waals surface area contributed by atoms with Crippen LogP contribution in [0.2, 0.25) is 5.15 Å². The second-order valence-corrected chi connectivity index (χ2v) is 9.40. The van der Waals surface area contributed by atoms with E-state index in [1.54, 1.807) is 6.07 Å². The number of rotatable bonds is 9. The Kier molecular flexibility index (Phi) is 7.08. The fourth-order valence-corrected chi connectivity index (χ4v) is 5.02. The van der Waals surface area contributed by atoms with Crippen LogP contribution in [-0.2, 0) is 19.6 Å². The first-order valence-corrected chi connectivity index (χ1v) is 11.3. The molecule has 7 nitrogen and oxygen atoms in total. The van der Waals surface area contributed by atoms with E-state index in [1.165, 1.54) is 29.4 Å². The van der Waals surface area contributed by atoms with Gasteiger partial charge in [0.1, 0.15) is 10.0 Å². The molecule has 1 N–H and O–H groups in total. The molecule has 150 valence electrons. The van der Waals surface area contributed by atoms with Gasteiger partial charge in [0, 0.05) is 45.0 Å². The number of hydrogen-bond donors (Lipinski definition) is 1. The van der Waals surface area contributed by atoms with Crippen molar-refractivity contribution < 1.29 is 17.9 Å². The summed E-state index contributed by atoms with van der Waals surface area (Å²) in [5.74, 6) is 0.587. The number of pyridine rings is 1. The first kappa shape index (κ1) is 20.5. The van der Waals surface area contributed by atoms with Crippen LogP contribution >= 0.6 is 11.6 Å². The highest BCUT2D eigenvalue weighted by Gasteiger charge is 2.33. The normalized spacial score (nSPS) is 19.1. The van der Waals surface area contributed by atoms with E-state index in [0.29, 0.717) is 39.1 Å². The lowest BCUT2D eigenvalue weighted by atomic mass is 9.97. The number of aromatic nitrogens is 1. The number of carbonyl (C=O) groups excluding carboxylic acids is 1. The first-order valence-electron chi connectivity index (χ1n) is 9.44. The molecule has 1 saturated carbocycles. The van der Waals surface area contributed by atoms with Crippen LogP contribution in [0.3, 0.4) is 0 Å². The van der Waals surface area contributed by atoms with Gasteiger partial charge < -0.3 is 10.1 Å². The summed E-state index contributed by atoms with van der Waals surface area (Å²) >= 11 is 5.93. The average Bonchev–Trinajstić information content (AvgIpc) is 3.49. The predicted octanol–water partition coefficient (Wildman–Crippen LogP) is 2.07. The molecule has 1 saturated heterocycles. The Balaban J connectivity index is 1.40. The second kappa shape index (κ2) is 9.32. The summed E-state index contributed by atoms with van der Waals surface area (Å²) in [6, 6.07) is 3.00. The zero-order valence-electron chi connectivity index (χ0n) is 15.3. The molecule has 0 bridgehead atoms. The molecule has 1 aromatic heterocycles. The SMILES string of the molecule is O=C(NCCCOCC1CC1)C1CCN(S(=O)(=O)c2cccnc2Cl)CC1. The lowest BCUT2D eigenvalue weighted by molar-refractivity contribution is -0.126. The van der Waals surface area contributed by atoms with Crippen LogP contribution in [-0.4, -0.2) is 56.5 Å². The molecule has 2 aliphatic rings. The highest BCUT2D eigenvalue weighted by atomic mass is 35.5. The van der Waals surface area contributed by atoms with Gasteiger partial charge in [0.25, 0.3) is 0 Å². The molecule has 1 aliphatic carbocycles. The van der Waals surface area contributed by atoms with E-state index in [9.17, 15) is 13.2 Å². The third-order valence-electron chi connectivity index (χ3n) is 4.98. The van der Waals surface area contributed by atoms with Gasteiger partial charge in [-0.1, -0.05) is 11.6 Å². The molecular weight excluding hydrogens is 390 g/mol. The zero-order chi connectivity index (χ0) is 19.3. The standard InChI is InChI=1S/C18H26ClN3O4S/c19-17-16(3-1-8-20-17)27(24,25)22-10-6-15(7-11-22)18(23)21-9-2-12-26-13-14-4-5-14/h1,3,8,14-15H,2,4-7,9-13H2,(H,21,23). The van der Waals surface area contributed by atoms with Gasteiger partial charge in [0.15, 0.2) is 0 Å². The van der Waals surface area contributed by atoms with Gasteiger partial charge in [0.05, 0.1) is 0 Å². The van der Waals surface area contributed by atoms with Crippen molar-refractivity contribution in [3.8, 4) is 0 Å². The van der Waals surface area contributed by atoms with Gasteiger partial charge in [-0.05, 0) is 50.2 Å². The third-order valence-corrected chi connectivity index (χ3v) is 7.33. The largest absolute Gasteiger partial charge is 0.381 e. The first-order chi connectivity index (χ1) is 13.0. The maximum Gasteiger partial charge on any atom is 0.246 e. The minimum atomic E-state index is -3.68. The number of nitrogens with one attached hydrogen (secondary N) is 1. The van der Waals surface area contributed by atoms with Crippen LogP contribution < -0.4 is 5.32 Å². The molecular formula is C18H26ClN3O4S. The summed E-state index contributed by atoms with van der Waals surface area (Å²) in [6.45, 7) is 2.70. The lowest BCUT2D eigenvalue weighted by Crippen LogP contribution is -2.43. The summed E-state index contributed by atoms with van der Waals surface area (Å²) in [5.41, 5.74) is 0. The van der Waals surface area contributed by atoms with Crippen molar-refractivity contribution in [3.63, 3.8) is 0 Å². The molecule has 0 atom stereocenters. The maximum absolute atomic E-state index is 12.7. The Labute approximate surface area is 165 Å². The number of hydrogen-bond acceptors (Lipinski definition) is 5. The molecule has 1 amide bonds. The van der Waals surface area contributed by atoms with Crippen molar-refractivity contribution >= 4 is 27.5 Å². The Morgan fingerprint density at radius 1 is 1.30 bits per heavy atom. The van der Waals surface area contributed by atoms with Crippen LogP contribution in [0, 0.1) is 11.8 Å². The Hall–Kier alpha value is -1.22. The topological polar surface area (TPSA) is 88.6 Å². The maximum atomic E-state index is 12.7. The van der Waals surface area contributed by atoms with Crippen molar-refractivity contribution in [2.75, 3.05) is 32.8 Å². The summed E-state index contributed by atoms with van der Waals surface area (Å²) in [4.78, 5) is 16.1. The number of nitrogens with zero attached hydrogens (tertiary/aromatic N) is 2. The molecule has 2 fully saturated rings. The Bertz CT molecular complexity index is 747. The number of halogens is 1. The number of carbonyl (C=O) groups is 1. The highest BCUT2D eigenvalue weighted by molar-refractivity contribution is 7.89. The molecule has 0 radical (unpaired) electrons. The Morgan fingerprint density at radius 2 is 2.04 bits per heavy atom. The molecule has 0 unspecified atom stereocenters. The van der Waals surface area contributed by atoms with Gasteiger partial charge in [-0.25, -0.2) is 13.4 Å². The molecule has 2 heterocycles. The number of sulfonamides is 1. The zero-order valence-corrected chi connectivity index (χ0v) is 16.8. The summed E-state index contributed by atoms with van der Waals surface area (Å²) < 4.78 is 32.3. The van der Waals surface area contributed by atoms with Crippen molar-refractivity contribution in [2.45, 2.75) is 37.0 Å². The van der Waals surface area contributed by atoms with Gasteiger partial charge in [-0.2, -0.15) is 4.31 Å². The van der Waals surface area contributed by atoms with E-state index in [0.717, 1.165) is 18.9 Å². The quantitative estimate of drug-likeness (QED) is 0.492. The predicted molar refractivity (Wildman–Crippen MR) is 102 cm³/mol. The van der Waals surface area contributed by atoms with E-state index in [1.807, 2.05) is 0 Å². The fourth-order valence-electron chi connectivity index (χ4n) is 3.13. The third kappa shape index (κ3) is 5.63. The highest BCUT2D eigenvalue weighted by Crippen LogP contribution is 2.29. The van der Waals surface area contributed by atoms with Crippen LogP contribution in [0.15, 0.2) is 23.2 Å². The van der Waals surface area contributed by atoms with E-state index >= 15 is 0 Å². The Morgan fingerprint density at radius 3 is 2.70 bits per heavy atom. The fraction of sp³-hybridized carbons (Fsp3) is 0.667. The number of piperidine rings is 1. The smallest absolute Gasteiger partial charge is 0.246 e. The van der Waals surface area contributed by atoms with E-state index in [2.05, 4.69) is 10.3 Å². The number of ether oxygens (including phenoxy) is 1. The number of amides is 1. The van der Waals surface area contributed by atoms with E-state index in [-0.39, 0.29) is 21.9 Å². The molecule has 9 heteroatoms. The van der Waals surface area contributed by atoms with Gasteiger partial charge >= 0.3 is 0 Å². The molecule has 1 aromatic rings. The molecule has 0 aromatic carbocycles.